The molecular formula is C11H12N4. The van der Waals surface area contributed by atoms with Crippen LogP contribution in [0.2, 0.25) is 0 Å². The predicted octanol–water partition coefficient (Wildman–Crippen LogP) is 1.32. The molecule has 0 saturated carbocycles. The van der Waals surface area contributed by atoms with Gasteiger partial charge in [0.2, 0.25) is 0 Å². The zero-order chi connectivity index (χ0) is 10.3. The summed E-state index contributed by atoms with van der Waals surface area (Å²) in [5, 5.41) is 11.7. The first-order valence-electron chi connectivity index (χ1n) is 5.28. The van der Waals surface area contributed by atoms with Crippen molar-refractivity contribution in [3.8, 4) is 5.69 Å². The van der Waals surface area contributed by atoms with Crippen LogP contribution in [0.3, 0.4) is 0 Å². The quantitative estimate of drug-likeness (QED) is 0.697. The van der Waals surface area contributed by atoms with E-state index in [2.05, 4.69) is 40.6 Å². The van der Waals surface area contributed by atoms with Gasteiger partial charge in [-0.05, 0) is 40.5 Å². The van der Waals surface area contributed by atoms with E-state index in [1.165, 1.54) is 11.1 Å². The lowest BCUT2D eigenvalue weighted by Gasteiger charge is -2.16. The summed E-state index contributed by atoms with van der Waals surface area (Å²) in [5.41, 5.74) is 3.87. The fourth-order valence-corrected chi connectivity index (χ4v) is 2.06. The van der Waals surface area contributed by atoms with Crippen molar-refractivity contribution in [1.82, 2.24) is 20.2 Å². The Hall–Kier alpha value is -1.71. The summed E-state index contributed by atoms with van der Waals surface area (Å²) in [7, 11) is 0. The lowest BCUT2D eigenvalue weighted by molar-refractivity contribution is 0.710. The highest BCUT2D eigenvalue weighted by molar-refractivity contribution is 5.45. The lowest BCUT2D eigenvalue weighted by atomic mass is 10.00. The maximum absolute atomic E-state index is 4.01. The number of aromatic nitrogens is 4. The molecule has 0 unspecified atom stereocenters. The van der Waals surface area contributed by atoms with E-state index in [1.54, 1.807) is 0 Å². The molecule has 1 aliphatic rings. The molecule has 15 heavy (non-hydrogen) atoms. The Labute approximate surface area is 87.9 Å². The Kier molecular flexibility index (Phi) is 1.80. The topological polar surface area (TPSA) is 43.6 Å². The zero-order valence-corrected chi connectivity index (χ0v) is 8.64. The zero-order valence-electron chi connectivity index (χ0n) is 8.64. The highest BCUT2D eigenvalue weighted by Gasteiger charge is 2.17. The molecule has 0 aliphatic carbocycles. The molecule has 76 valence electrons. The summed E-state index contributed by atoms with van der Waals surface area (Å²) in [5.74, 6) is 0.965. The van der Waals surface area contributed by atoms with Crippen molar-refractivity contribution in [2.75, 3.05) is 0 Å². The van der Waals surface area contributed by atoms with Gasteiger partial charge in [-0.1, -0.05) is 19.1 Å². The number of aryl methyl sites for hydroxylation is 3. The van der Waals surface area contributed by atoms with Crippen LogP contribution in [0.5, 0.6) is 0 Å². The second kappa shape index (κ2) is 3.15. The van der Waals surface area contributed by atoms with Crippen LogP contribution in [0.15, 0.2) is 18.2 Å². The third kappa shape index (κ3) is 1.25. The molecular weight excluding hydrogens is 188 g/mol. The minimum Gasteiger partial charge on any atom is -0.197 e. The normalized spacial score (nSPS) is 13.4. The van der Waals surface area contributed by atoms with Gasteiger partial charge in [0.15, 0.2) is 5.82 Å². The van der Waals surface area contributed by atoms with Gasteiger partial charge in [-0.2, -0.15) is 4.68 Å². The van der Waals surface area contributed by atoms with E-state index < -0.39 is 0 Å². The molecule has 0 fully saturated rings. The number of rotatable bonds is 1. The van der Waals surface area contributed by atoms with Gasteiger partial charge in [0, 0.05) is 6.42 Å². The van der Waals surface area contributed by atoms with Gasteiger partial charge in [-0.15, -0.1) is 5.10 Å². The van der Waals surface area contributed by atoms with Crippen LogP contribution in [0.1, 0.15) is 23.9 Å². The molecule has 0 bridgehead atoms. The number of nitrogens with zero attached hydrogens (tertiary/aromatic N) is 4. The Morgan fingerprint density at radius 1 is 1.33 bits per heavy atom. The first kappa shape index (κ1) is 8.59. The fourth-order valence-electron chi connectivity index (χ4n) is 2.06. The SMILES string of the molecule is CCc1ccc2c(c1)CCc1nnnn1-2. The predicted molar refractivity (Wildman–Crippen MR) is 55.9 cm³/mol. The molecule has 1 aromatic carbocycles. The third-order valence-electron chi connectivity index (χ3n) is 2.93. The molecule has 1 aromatic heterocycles. The van der Waals surface area contributed by atoms with Crippen molar-refractivity contribution < 1.29 is 0 Å². The number of fused-ring (bicyclic) bond motifs is 3. The molecule has 0 spiro atoms. The third-order valence-corrected chi connectivity index (χ3v) is 2.93. The molecule has 2 heterocycles. The molecule has 4 nitrogen and oxygen atoms in total. The minimum atomic E-state index is 0.938. The van der Waals surface area contributed by atoms with Crippen LogP contribution >= 0.6 is 0 Å². The smallest absolute Gasteiger partial charge is 0.157 e. The maximum Gasteiger partial charge on any atom is 0.157 e. The van der Waals surface area contributed by atoms with Crippen LogP contribution in [-0.4, -0.2) is 20.2 Å². The van der Waals surface area contributed by atoms with Crippen LogP contribution in [0.25, 0.3) is 5.69 Å². The maximum atomic E-state index is 4.01. The van der Waals surface area contributed by atoms with E-state index >= 15 is 0 Å². The van der Waals surface area contributed by atoms with E-state index in [9.17, 15) is 0 Å². The average molecular weight is 200 g/mol. The lowest BCUT2D eigenvalue weighted by Crippen LogP contribution is -2.13. The number of hydrogen-bond acceptors (Lipinski definition) is 3. The van der Waals surface area contributed by atoms with Crippen molar-refractivity contribution in [3.05, 3.63) is 35.2 Å². The number of hydrogen-bond donors (Lipinski definition) is 0. The Balaban J connectivity index is 2.18. The summed E-state index contributed by atoms with van der Waals surface area (Å²) < 4.78 is 1.85. The highest BCUT2D eigenvalue weighted by atomic mass is 15.5. The van der Waals surface area contributed by atoms with Crippen LogP contribution < -0.4 is 0 Å². The average Bonchev–Trinajstić information content (AvgIpc) is 2.76. The largest absolute Gasteiger partial charge is 0.197 e. The van der Waals surface area contributed by atoms with Gasteiger partial charge in [-0.3, -0.25) is 0 Å². The van der Waals surface area contributed by atoms with Gasteiger partial charge in [0.25, 0.3) is 0 Å². The molecule has 0 saturated heterocycles. The van der Waals surface area contributed by atoms with Crippen molar-refractivity contribution >= 4 is 0 Å². The van der Waals surface area contributed by atoms with E-state index in [0.29, 0.717) is 0 Å². The molecule has 2 aromatic rings. The fraction of sp³-hybridized carbons (Fsp3) is 0.364. The summed E-state index contributed by atoms with van der Waals surface area (Å²) in [6, 6.07) is 6.53. The van der Waals surface area contributed by atoms with Crippen molar-refractivity contribution in [3.63, 3.8) is 0 Å². The van der Waals surface area contributed by atoms with E-state index in [0.717, 1.165) is 30.8 Å². The molecule has 0 amide bonds. The molecule has 3 rings (SSSR count). The molecule has 4 heteroatoms. The molecule has 0 atom stereocenters. The van der Waals surface area contributed by atoms with Crippen LogP contribution in [0.4, 0.5) is 0 Å². The van der Waals surface area contributed by atoms with Crippen LogP contribution in [-0.2, 0) is 19.3 Å². The Morgan fingerprint density at radius 3 is 3.13 bits per heavy atom. The number of benzene rings is 1. The second-order valence-corrected chi connectivity index (χ2v) is 3.82. The summed E-state index contributed by atoms with van der Waals surface area (Å²) in [4.78, 5) is 0. The second-order valence-electron chi connectivity index (χ2n) is 3.82. The Morgan fingerprint density at radius 2 is 2.27 bits per heavy atom. The molecule has 0 radical (unpaired) electrons. The van der Waals surface area contributed by atoms with Gasteiger partial charge in [0.1, 0.15) is 0 Å². The van der Waals surface area contributed by atoms with Crippen molar-refractivity contribution in [2.45, 2.75) is 26.2 Å². The summed E-state index contributed by atoms with van der Waals surface area (Å²) >= 11 is 0. The van der Waals surface area contributed by atoms with Gasteiger partial charge >= 0.3 is 0 Å². The molecule has 0 N–H and O–H groups in total. The first-order valence-corrected chi connectivity index (χ1v) is 5.28. The van der Waals surface area contributed by atoms with Gasteiger partial charge < -0.3 is 0 Å². The standard InChI is InChI=1S/C11H12N4/c1-2-8-3-5-10-9(7-8)4-6-11-12-13-14-15(10)11/h3,5,7H,2,4,6H2,1H3. The summed E-state index contributed by atoms with van der Waals surface area (Å²) in [6.45, 7) is 2.17. The first-order chi connectivity index (χ1) is 7.38. The van der Waals surface area contributed by atoms with E-state index in [4.69, 9.17) is 0 Å². The van der Waals surface area contributed by atoms with Crippen molar-refractivity contribution in [2.24, 2.45) is 0 Å². The van der Waals surface area contributed by atoms with E-state index in [-0.39, 0.29) is 0 Å². The minimum absolute atomic E-state index is 0.938. The van der Waals surface area contributed by atoms with Crippen LogP contribution in [0, 0.1) is 0 Å². The highest BCUT2D eigenvalue weighted by Crippen LogP contribution is 2.23. The van der Waals surface area contributed by atoms with Gasteiger partial charge in [-0.25, -0.2) is 0 Å². The van der Waals surface area contributed by atoms with Gasteiger partial charge in [0.05, 0.1) is 5.69 Å². The molecule has 1 aliphatic heterocycles. The summed E-state index contributed by atoms with van der Waals surface area (Å²) in [6.07, 6.45) is 3.06. The number of tetrazole rings is 1. The van der Waals surface area contributed by atoms with E-state index in [1.807, 2.05) is 4.68 Å². The monoisotopic (exact) mass is 200 g/mol. The Bertz CT molecular complexity index is 501. The van der Waals surface area contributed by atoms with Crippen molar-refractivity contribution in [1.29, 1.82) is 0 Å².